The van der Waals surface area contributed by atoms with Crippen LogP contribution in [0.4, 0.5) is 0 Å². The Labute approximate surface area is 118 Å². The Hall–Kier alpha value is -1.31. The molecule has 2 rings (SSSR count). The lowest BCUT2D eigenvalue weighted by Crippen LogP contribution is -2.43. The van der Waals surface area contributed by atoms with Crippen molar-refractivity contribution in [2.75, 3.05) is 19.7 Å². The number of nitrogens with zero attached hydrogens (tertiary/aromatic N) is 1. The maximum absolute atomic E-state index is 12.4. The number of carbonyl (C=O) groups is 1. The molecule has 102 valence electrons. The molecule has 1 aromatic heterocycles. The Morgan fingerprint density at radius 3 is 3.05 bits per heavy atom. The molecule has 1 amide bonds. The Balaban J connectivity index is 2.09. The van der Waals surface area contributed by atoms with Crippen molar-refractivity contribution in [3.05, 3.63) is 21.9 Å². The molecule has 0 unspecified atom stereocenters. The Morgan fingerprint density at radius 1 is 1.58 bits per heavy atom. The number of likely N-dealkylation sites (tertiary alicyclic amines) is 1. The third-order valence-corrected chi connectivity index (χ3v) is 4.17. The lowest BCUT2D eigenvalue weighted by Gasteiger charge is -2.37. The summed E-state index contributed by atoms with van der Waals surface area (Å²) in [4.78, 5) is 15.2. The second-order valence-corrected chi connectivity index (χ2v) is 6.57. The molecule has 1 N–H and O–H groups in total. The molecule has 3 nitrogen and oxygen atoms in total. The minimum Gasteiger partial charge on any atom is -0.384 e. The Kier molecular flexibility index (Phi) is 4.28. The van der Waals surface area contributed by atoms with Gasteiger partial charge in [0.15, 0.2) is 0 Å². The highest BCUT2D eigenvalue weighted by Crippen LogP contribution is 2.29. The summed E-state index contributed by atoms with van der Waals surface area (Å²) in [5.74, 6) is 5.54. The van der Waals surface area contributed by atoms with E-state index in [4.69, 9.17) is 5.11 Å². The van der Waals surface area contributed by atoms with E-state index >= 15 is 0 Å². The van der Waals surface area contributed by atoms with E-state index in [0.29, 0.717) is 5.56 Å². The fourth-order valence-corrected chi connectivity index (χ4v) is 3.17. The maximum atomic E-state index is 12.4. The van der Waals surface area contributed by atoms with Gasteiger partial charge >= 0.3 is 0 Å². The standard InChI is InChI=1S/C15H19NO2S/c1-15(2)6-4-7-16(11-15)14(18)12-9-13(19-10-12)5-3-8-17/h9-10,17H,4,6-8,11H2,1-2H3. The van der Waals surface area contributed by atoms with Crippen LogP contribution in [-0.2, 0) is 0 Å². The average Bonchev–Trinajstić information content (AvgIpc) is 2.83. The Morgan fingerprint density at radius 2 is 2.37 bits per heavy atom. The molecule has 4 heteroatoms. The predicted octanol–water partition coefficient (Wildman–Crippen LogP) is 2.35. The topological polar surface area (TPSA) is 40.5 Å². The number of hydrogen-bond acceptors (Lipinski definition) is 3. The molecule has 0 spiro atoms. The first-order valence-corrected chi connectivity index (χ1v) is 7.37. The monoisotopic (exact) mass is 277 g/mol. The van der Waals surface area contributed by atoms with Gasteiger partial charge in [-0.15, -0.1) is 11.3 Å². The van der Waals surface area contributed by atoms with E-state index in [1.165, 1.54) is 17.8 Å². The number of carbonyl (C=O) groups excluding carboxylic acids is 1. The molecule has 1 fully saturated rings. The summed E-state index contributed by atoms with van der Waals surface area (Å²) in [5, 5.41) is 10.5. The molecule has 0 bridgehead atoms. The van der Waals surface area contributed by atoms with Crippen molar-refractivity contribution in [3.63, 3.8) is 0 Å². The molecule has 1 aliphatic rings. The van der Waals surface area contributed by atoms with E-state index in [1.54, 1.807) is 0 Å². The third kappa shape index (κ3) is 3.59. The lowest BCUT2D eigenvalue weighted by atomic mass is 9.84. The number of piperidine rings is 1. The van der Waals surface area contributed by atoms with E-state index < -0.39 is 0 Å². The number of thiophene rings is 1. The van der Waals surface area contributed by atoms with Gasteiger partial charge in [-0.3, -0.25) is 4.79 Å². The van der Waals surface area contributed by atoms with Crippen LogP contribution >= 0.6 is 11.3 Å². The smallest absolute Gasteiger partial charge is 0.254 e. The van der Waals surface area contributed by atoms with Crippen LogP contribution in [0.2, 0.25) is 0 Å². The molecule has 2 heterocycles. The molecule has 1 saturated heterocycles. The lowest BCUT2D eigenvalue weighted by molar-refractivity contribution is 0.0584. The SMILES string of the molecule is CC1(C)CCCN(C(=O)c2csc(C#CCO)c2)C1. The minimum atomic E-state index is -0.151. The van der Waals surface area contributed by atoms with Crippen molar-refractivity contribution in [1.29, 1.82) is 0 Å². The molecule has 0 atom stereocenters. The van der Waals surface area contributed by atoms with Crippen LogP contribution in [0.25, 0.3) is 0 Å². The van der Waals surface area contributed by atoms with Crippen LogP contribution < -0.4 is 0 Å². The quantitative estimate of drug-likeness (QED) is 0.801. The number of hydrogen-bond donors (Lipinski definition) is 1. The highest BCUT2D eigenvalue weighted by atomic mass is 32.1. The van der Waals surface area contributed by atoms with Gasteiger partial charge in [-0.25, -0.2) is 0 Å². The molecule has 1 aliphatic heterocycles. The van der Waals surface area contributed by atoms with Crippen LogP contribution in [0.1, 0.15) is 41.9 Å². The molecule has 19 heavy (non-hydrogen) atoms. The fraction of sp³-hybridized carbons (Fsp3) is 0.533. The van der Waals surface area contributed by atoms with Gasteiger partial charge in [0.25, 0.3) is 5.91 Å². The molecule has 0 aromatic carbocycles. The van der Waals surface area contributed by atoms with Crippen LogP contribution in [-0.4, -0.2) is 35.6 Å². The molecule has 0 saturated carbocycles. The predicted molar refractivity (Wildman–Crippen MR) is 77.2 cm³/mol. The summed E-state index contributed by atoms with van der Waals surface area (Å²) in [6, 6.07) is 1.82. The van der Waals surface area contributed by atoms with Crippen molar-refractivity contribution in [2.24, 2.45) is 5.41 Å². The van der Waals surface area contributed by atoms with Crippen LogP contribution in [0.15, 0.2) is 11.4 Å². The second-order valence-electron chi connectivity index (χ2n) is 5.65. The molecular formula is C15H19NO2S. The maximum Gasteiger partial charge on any atom is 0.254 e. The van der Waals surface area contributed by atoms with E-state index in [0.717, 1.165) is 24.4 Å². The zero-order valence-electron chi connectivity index (χ0n) is 11.4. The van der Waals surface area contributed by atoms with Crippen molar-refractivity contribution in [1.82, 2.24) is 4.90 Å². The molecule has 0 radical (unpaired) electrons. The molecule has 1 aromatic rings. The highest BCUT2D eigenvalue weighted by Gasteiger charge is 2.29. The number of aliphatic hydroxyl groups is 1. The van der Waals surface area contributed by atoms with Crippen molar-refractivity contribution in [3.8, 4) is 11.8 Å². The first-order valence-electron chi connectivity index (χ1n) is 6.49. The van der Waals surface area contributed by atoms with Gasteiger partial charge in [0.1, 0.15) is 6.61 Å². The van der Waals surface area contributed by atoms with E-state index in [-0.39, 0.29) is 17.9 Å². The first-order chi connectivity index (χ1) is 9.02. The van der Waals surface area contributed by atoms with Gasteiger partial charge in [-0.05, 0) is 24.3 Å². The highest BCUT2D eigenvalue weighted by molar-refractivity contribution is 7.10. The molecule has 0 aliphatic carbocycles. The normalized spacial score (nSPS) is 17.7. The van der Waals surface area contributed by atoms with Crippen LogP contribution in [0.3, 0.4) is 0 Å². The zero-order valence-corrected chi connectivity index (χ0v) is 12.2. The first kappa shape index (κ1) is 14.1. The number of rotatable bonds is 1. The van der Waals surface area contributed by atoms with Gasteiger partial charge in [0, 0.05) is 18.5 Å². The summed E-state index contributed by atoms with van der Waals surface area (Å²) in [6.45, 7) is 5.92. The summed E-state index contributed by atoms with van der Waals surface area (Å²) >= 11 is 1.45. The number of amides is 1. The summed E-state index contributed by atoms with van der Waals surface area (Å²) < 4.78 is 0. The fourth-order valence-electron chi connectivity index (χ4n) is 2.42. The van der Waals surface area contributed by atoms with Crippen molar-refractivity contribution < 1.29 is 9.90 Å². The van der Waals surface area contributed by atoms with Gasteiger partial charge in [-0.1, -0.05) is 25.7 Å². The van der Waals surface area contributed by atoms with Gasteiger partial charge in [0.2, 0.25) is 0 Å². The van der Waals surface area contributed by atoms with Gasteiger partial charge < -0.3 is 10.0 Å². The third-order valence-electron chi connectivity index (χ3n) is 3.32. The van der Waals surface area contributed by atoms with E-state index in [1.807, 2.05) is 16.3 Å². The summed E-state index contributed by atoms with van der Waals surface area (Å²) in [5.41, 5.74) is 0.925. The van der Waals surface area contributed by atoms with E-state index in [9.17, 15) is 4.79 Å². The Bertz CT molecular complexity index is 522. The van der Waals surface area contributed by atoms with Crippen molar-refractivity contribution >= 4 is 17.2 Å². The molecular weight excluding hydrogens is 258 g/mol. The minimum absolute atomic E-state index is 0.0982. The van der Waals surface area contributed by atoms with Gasteiger partial charge in [0.05, 0.1) is 10.4 Å². The zero-order chi connectivity index (χ0) is 13.9. The summed E-state index contributed by atoms with van der Waals surface area (Å²) in [7, 11) is 0. The average molecular weight is 277 g/mol. The number of aliphatic hydroxyl groups excluding tert-OH is 1. The van der Waals surface area contributed by atoms with Crippen LogP contribution in [0.5, 0.6) is 0 Å². The second kappa shape index (κ2) is 5.77. The summed E-state index contributed by atoms with van der Waals surface area (Å²) in [6.07, 6.45) is 2.24. The van der Waals surface area contributed by atoms with Gasteiger partial charge in [-0.2, -0.15) is 0 Å². The van der Waals surface area contributed by atoms with E-state index in [2.05, 4.69) is 25.7 Å². The van der Waals surface area contributed by atoms with Crippen molar-refractivity contribution in [2.45, 2.75) is 26.7 Å². The largest absolute Gasteiger partial charge is 0.384 e. The van der Waals surface area contributed by atoms with Crippen LogP contribution in [0, 0.1) is 17.3 Å².